The van der Waals surface area contributed by atoms with Crippen molar-refractivity contribution < 1.29 is 19.1 Å². The molecule has 0 fully saturated rings. The molecule has 0 bridgehead atoms. The summed E-state index contributed by atoms with van der Waals surface area (Å²) in [5.41, 5.74) is 2.99. The van der Waals surface area contributed by atoms with Crippen LogP contribution in [0.5, 0.6) is 0 Å². The minimum Gasteiger partial charge on any atom is -0.465 e. The zero-order valence-corrected chi connectivity index (χ0v) is 20.6. The standard InChI is InChI=1S/C26H32ClN3O4/c1-3-14-30(15-12-27)16-17-34-24(31)9-6-13-28-25-20-7-4-5-8-22(20)29-23-11-10-19(18-21(23)25)26(32)33-2/h4-5,7-8,10-11,18H,3,6,9,12-17H2,1-2H3,(H,28,29). The number of nitrogens with zero attached hydrogens (tertiary/aromatic N) is 2. The Balaban J connectivity index is 1.62. The summed E-state index contributed by atoms with van der Waals surface area (Å²) >= 11 is 5.83. The number of ether oxygens (including phenoxy) is 2. The molecule has 0 aliphatic carbocycles. The molecule has 0 spiro atoms. The second-order valence-electron chi connectivity index (χ2n) is 8.01. The third-order valence-corrected chi connectivity index (χ3v) is 5.74. The van der Waals surface area contributed by atoms with E-state index >= 15 is 0 Å². The summed E-state index contributed by atoms with van der Waals surface area (Å²) in [5.74, 6) is -0.0344. The van der Waals surface area contributed by atoms with Crippen molar-refractivity contribution in [2.75, 3.05) is 51.1 Å². The van der Waals surface area contributed by atoms with E-state index in [1.807, 2.05) is 30.3 Å². The molecule has 0 aliphatic rings. The number of nitrogens with one attached hydrogen (secondary N) is 1. The molecule has 1 N–H and O–H groups in total. The first kappa shape index (κ1) is 25.7. The van der Waals surface area contributed by atoms with Crippen LogP contribution in [0, 0.1) is 0 Å². The van der Waals surface area contributed by atoms with Crippen LogP contribution in [0.25, 0.3) is 21.8 Å². The van der Waals surface area contributed by atoms with E-state index in [4.69, 9.17) is 26.1 Å². The molecule has 34 heavy (non-hydrogen) atoms. The molecule has 182 valence electrons. The van der Waals surface area contributed by atoms with Gasteiger partial charge in [0.05, 0.1) is 29.4 Å². The number of hydrogen-bond acceptors (Lipinski definition) is 7. The molecule has 7 nitrogen and oxygen atoms in total. The smallest absolute Gasteiger partial charge is 0.337 e. The highest BCUT2D eigenvalue weighted by Gasteiger charge is 2.13. The van der Waals surface area contributed by atoms with Crippen molar-refractivity contribution in [2.24, 2.45) is 0 Å². The summed E-state index contributed by atoms with van der Waals surface area (Å²) in [5, 5.41) is 5.24. The predicted molar refractivity (Wildman–Crippen MR) is 137 cm³/mol. The lowest BCUT2D eigenvalue weighted by atomic mass is 10.0. The molecule has 0 saturated heterocycles. The zero-order chi connectivity index (χ0) is 24.3. The maximum Gasteiger partial charge on any atom is 0.337 e. The number of carbonyl (C=O) groups excluding carboxylic acids is 2. The number of esters is 2. The molecular formula is C26H32ClN3O4. The van der Waals surface area contributed by atoms with Crippen molar-refractivity contribution in [1.29, 1.82) is 0 Å². The number of methoxy groups -OCH3 is 1. The number of para-hydroxylation sites is 1. The van der Waals surface area contributed by atoms with Crippen LogP contribution in [0.1, 0.15) is 36.5 Å². The lowest BCUT2D eigenvalue weighted by Crippen LogP contribution is -2.31. The zero-order valence-electron chi connectivity index (χ0n) is 19.8. The molecule has 3 aromatic rings. The highest BCUT2D eigenvalue weighted by Crippen LogP contribution is 2.31. The highest BCUT2D eigenvalue weighted by molar-refractivity contribution is 6.18. The van der Waals surface area contributed by atoms with Gasteiger partial charge in [0.1, 0.15) is 6.61 Å². The summed E-state index contributed by atoms with van der Waals surface area (Å²) in [6.45, 7) is 5.50. The van der Waals surface area contributed by atoms with Crippen molar-refractivity contribution in [3.8, 4) is 0 Å². The molecule has 0 aliphatic heterocycles. The average molecular weight is 486 g/mol. The molecular weight excluding hydrogens is 454 g/mol. The van der Waals surface area contributed by atoms with E-state index in [2.05, 4.69) is 17.1 Å². The third-order valence-electron chi connectivity index (χ3n) is 5.57. The van der Waals surface area contributed by atoms with E-state index < -0.39 is 5.97 Å². The van der Waals surface area contributed by atoms with Crippen LogP contribution in [-0.2, 0) is 14.3 Å². The molecule has 3 rings (SSSR count). The topological polar surface area (TPSA) is 80.8 Å². The Labute approximate surface area is 205 Å². The predicted octanol–water partition coefficient (Wildman–Crippen LogP) is 4.86. The van der Waals surface area contributed by atoms with Crippen LogP contribution < -0.4 is 5.32 Å². The van der Waals surface area contributed by atoms with Gasteiger partial charge in [-0.25, -0.2) is 9.78 Å². The number of rotatable bonds is 13. The first-order valence-corrected chi connectivity index (χ1v) is 12.2. The maximum atomic E-state index is 12.2. The van der Waals surface area contributed by atoms with E-state index in [1.165, 1.54) is 7.11 Å². The number of alkyl halides is 1. The van der Waals surface area contributed by atoms with Gasteiger partial charge in [-0.3, -0.25) is 9.69 Å². The Kier molecular flexibility index (Phi) is 9.91. The summed E-state index contributed by atoms with van der Waals surface area (Å²) < 4.78 is 10.3. The Hall–Kier alpha value is -2.90. The van der Waals surface area contributed by atoms with Gasteiger partial charge in [0, 0.05) is 42.7 Å². The quantitative estimate of drug-likeness (QED) is 0.160. The monoisotopic (exact) mass is 485 g/mol. The van der Waals surface area contributed by atoms with Gasteiger partial charge in [-0.15, -0.1) is 11.6 Å². The lowest BCUT2D eigenvalue weighted by Gasteiger charge is -2.20. The van der Waals surface area contributed by atoms with E-state index in [0.717, 1.165) is 47.0 Å². The number of carbonyl (C=O) groups is 2. The Bertz CT molecular complexity index is 1120. The fraction of sp³-hybridized carbons (Fsp3) is 0.423. The van der Waals surface area contributed by atoms with Crippen molar-refractivity contribution in [1.82, 2.24) is 9.88 Å². The molecule has 0 radical (unpaired) electrons. The summed E-state index contributed by atoms with van der Waals surface area (Å²) in [7, 11) is 1.36. The van der Waals surface area contributed by atoms with Crippen molar-refractivity contribution in [3.05, 3.63) is 48.0 Å². The van der Waals surface area contributed by atoms with Gasteiger partial charge in [0.25, 0.3) is 0 Å². The molecule has 8 heteroatoms. The minimum absolute atomic E-state index is 0.207. The van der Waals surface area contributed by atoms with Crippen molar-refractivity contribution in [2.45, 2.75) is 26.2 Å². The second kappa shape index (κ2) is 13.1. The Morgan fingerprint density at radius 3 is 2.62 bits per heavy atom. The van der Waals surface area contributed by atoms with Crippen LogP contribution in [0.4, 0.5) is 5.69 Å². The van der Waals surface area contributed by atoms with E-state index in [9.17, 15) is 9.59 Å². The molecule has 1 aromatic heterocycles. The molecule has 1 heterocycles. The number of halogens is 1. The number of fused-ring (bicyclic) bond motifs is 2. The molecule has 0 unspecified atom stereocenters. The fourth-order valence-corrected chi connectivity index (χ4v) is 4.14. The van der Waals surface area contributed by atoms with E-state index in [0.29, 0.717) is 44.0 Å². The van der Waals surface area contributed by atoms with E-state index in [-0.39, 0.29) is 5.97 Å². The fourth-order valence-electron chi connectivity index (χ4n) is 3.90. The van der Waals surface area contributed by atoms with Gasteiger partial charge in [-0.1, -0.05) is 25.1 Å². The number of hydrogen-bond donors (Lipinski definition) is 1. The lowest BCUT2D eigenvalue weighted by molar-refractivity contribution is -0.144. The SMILES string of the molecule is CCCN(CCCl)CCOC(=O)CCCNc1c2ccccc2nc2ccc(C(=O)OC)cc12. The van der Waals surface area contributed by atoms with Crippen LogP contribution >= 0.6 is 11.6 Å². The first-order chi connectivity index (χ1) is 16.6. The molecule has 0 atom stereocenters. The van der Waals surface area contributed by atoms with Gasteiger partial charge >= 0.3 is 11.9 Å². The molecule has 0 saturated carbocycles. The minimum atomic E-state index is -0.396. The Morgan fingerprint density at radius 2 is 1.85 bits per heavy atom. The van der Waals surface area contributed by atoms with Crippen LogP contribution in [0.15, 0.2) is 42.5 Å². The summed E-state index contributed by atoms with van der Waals surface area (Å²) in [4.78, 5) is 31.1. The molecule has 0 amide bonds. The number of pyridine rings is 1. The van der Waals surface area contributed by atoms with Gasteiger partial charge in [-0.2, -0.15) is 0 Å². The number of anilines is 1. The maximum absolute atomic E-state index is 12.2. The van der Waals surface area contributed by atoms with Crippen LogP contribution in [0.3, 0.4) is 0 Å². The van der Waals surface area contributed by atoms with Gasteiger partial charge in [-0.05, 0) is 43.7 Å². The Morgan fingerprint density at radius 1 is 1.06 bits per heavy atom. The van der Waals surface area contributed by atoms with Gasteiger partial charge in [0.15, 0.2) is 0 Å². The van der Waals surface area contributed by atoms with Crippen molar-refractivity contribution >= 4 is 51.0 Å². The highest BCUT2D eigenvalue weighted by atomic mass is 35.5. The van der Waals surface area contributed by atoms with Gasteiger partial charge < -0.3 is 14.8 Å². The van der Waals surface area contributed by atoms with Crippen LogP contribution in [0.2, 0.25) is 0 Å². The second-order valence-corrected chi connectivity index (χ2v) is 8.39. The third kappa shape index (κ3) is 6.81. The summed E-state index contributed by atoms with van der Waals surface area (Å²) in [6, 6.07) is 13.2. The van der Waals surface area contributed by atoms with Gasteiger partial charge in [0.2, 0.25) is 0 Å². The van der Waals surface area contributed by atoms with Crippen molar-refractivity contribution in [3.63, 3.8) is 0 Å². The number of benzene rings is 2. The summed E-state index contributed by atoms with van der Waals surface area (Å²) in [6.07, 6.45) is 1.98. The molecule has 2 aromatic carbocycles. The normalized spacial score (nSPS) is 11.2. The largest absolute Gasteiger partial charge is 0.465 e. The number of aromatic nitrogens is 1. The first-order valence-electron chi connectivity index (χ1n) is 11.7. The van der Waals surface area contributed by atoms with Crippen LogP contribution in [-0.4, -0.2) is 67.6 Å². The average Bonchev–Trinajstić information content (AvgIpc) is 2.85. The van der Waals surface area contributed by atoms with E-state index in [1.54, 1.807) is 12.1 Å².